The Kier molecular flexibility index (Phi) is 2.76. The van der Waals surface area contributed by atoms with Gasteiger partial charge in [-0.1, -0.05) is 11.6 Å². The molecule has 1 amide bonds. The molecule has 1 aliphatic rings. The first kappa shape index (κ1) is 11.6. The van der Waals surface area contributed by atoms with Gasteiger partial charge in [-0.3, -0.25) is 4.79 Å². The molecule has 3 rings (SSSR count). The molecule has 2 aromatic rings. The van der Waals surface area contributed by atoms with E-state index in [1.165, 1.54) is 0 Å². The van der Waals surface area contributed by atoms with Crippen molar-refractivity contribution in [2.45, 2.75) is 0 Å². The van der Waals surface area contributed by atoms with E-state index in [1.54, 1.807) is 36.4 Å². The van der Waals surface area contributed by atoms with Crippen molar-refractivity contribution in [2.24, 2.45) is 0 Å². The molecule has 18 heavy (non-hydrogen) atoms. The number of halogens is 2. The van der Waals surface area contributed by atoms with Gasteiger partial charge in [-0.2, -0.15) is 0 Å². The average Bonchev–Trinajstić information content (AvgIpc) is 2.86. The molecule has 0 bridgehead atoms. The summed E-state index contributed by atoms with van der Waals surface area (Å²) in [7, 11) is 0. The lowest BCUT2D eigenvalue weighted by atomic mass is 10.1. The van der Waals surface area contributed by atoms with Crippen molar-refractivity contribution in [3.8, 4) is 0 Å². The van der Waals surface area contributed by atoms with E-state index in [4.69, 9.17) is 16.0 Å². The van der Waals surface area contributed by atoms with Crippen LogP contribution >= 0.6 is 27.5 Å². The summed E-state index contributed by atoms with van der Waals surface area (Å²) in [5, 5.41) is 3.38. The van der Waals surface area contributed by atoms with E-state index in [0.29, 0.717) is 21.0 Å². The highest BCUT2D eigenvalue weighted by molar-refractivity contribution is 9.10. The number of nitrogens with one attached hydrogen (secondary N) is 1. The number of fused-ring (bicyclic) bond motifs is 1. The summed E-state index contributed by atoms with van der Waals surface area (Å²) in [6, 6.07) is 8.85. The molecule has 3 nitrogen and oxygen atoms in total. The second kappa shape index (κ2) is 4.30. The molecule has 0 unspecified atom stereocenters. The lowest BCUT2D eigenvalue weighted by Crippen LogP contribution is -2.03. The van der Waals surface area contributed by atoms with E-state index in [9.17, 15) is 4.79 Å². The number of hydrogen-bond acceptors (Lipinski definition) is 2. The van der Waals surface area contributed by atoms with Gasteiger partial charge in [0.1, 0.15) is 5.76 Å². The summed E-state index contributed by atoms with van der Waals surface area (Å²) in [5.41, 5.74) is 2.11. The topological polar surface area (TPSA) is 42.2 Å². The van der Waals surface area contributed by atoms with Crippen molar-refractivity contribution in [3.63, 3.8) is 0 Å². The number of rotatable bonds is 1. The minimum Gasteiger partial charge on any atom is -0.450 e. The number of furan rings is 1. The molecule has 0 spiro atoms. The predicted octanol–water partition coefficient (Wildman–Crippen LogP) is 4.19. The monoisotopic (exact) mass is 323 g/mol. The first-order chi connectivity index (χ1) is 8.63. The van der Waals surface area contributed by atoms with Crippen LogP contribution < -0.4 is 5.32 Å². The highest BCUT2D eigenvalue weighted by Gasteiger charge is 2.24. The molecule has 0 fully saturated rings. The SMILES string of the molecule is O=C1Nc2ccc(Cl)cc2C1=Cc1ccc(Br)o1. The minimum atomic E-state index is -0.153. The fourth-order valence-corrected chi connectivity index (χ4v) is 2.34. The van der Waals surface area contributed by atoms with Crippen LogP contribution in [0.1, 0.15) is 11.3 Å². The van der Waals surface area contributed by atoms with Crippen molar-refractivity contribution in [1.29, 1.82) is 0 Å². The van der Waals surface area contributed by atoms with E-state index < -0.39 is 0 Å². The molecule has 1 aromatic carbocycles. The van der Waals surface area contributed by atoms with Crippen LogP contribution in [0, 0.1) is 0 Å². The molecule has 0 atom stereocenters. The lowest BCUT2D eigenvalue weighted by Gasteiger charge is -1.98. The second-order valence-electron chi connectivity index (χ2n) is 3.84. The van der Waals surface area contributed by atoms with Gasteiger partial charge in [-0.15, -0.1) is 0 Å². The van der Waals surface area contributed by atoms with Gasteiger partial charge in [-0.25, -0.2) is 0 Å². The second-order valence-corrected chi connectivity index (χ2v) is 5.06. The summed E-state index contributed by atoms with van der Waals surface area (Å²) < 4.78 is 5.99. The van der Waals surface area contributed by atoms with Gasteiger partial charge in [0, 0.05) is 16.3 Å². The van der Waals surface area contributed by atoms with Crippen LogP contribution in [0.2, 0.25) is 5.02 Å². The van der Waals surface area contributed by atoms with Gasteiger partial charge in [0.05, 0.1) is 5.57 Å². The van der Waals surface area contributed by atoms with E-state index >= 15 is 0 Å². The van der Waals surface area contributed by atoms with Crippen molar-refractivity contribution < 1.29 is 9.21 Å². The number of carbonyl (C=O) groups excluding carboxylic acids is 1. The van der Waals surface area contributed by atoms with Gasteiger partial charge < -0.3 is 9.73 Å². The Bertz CT molecular complexity index is 675. The normalized spacial score (nSPS) is 15.9. The van der Waals surface area contributed by atoms with Crippen molar-refractivity contribution in [1.82, 2.24) is 0 Å². The first-order valence-corrected chi connectivity index (χ1v) is 6.39. The van der Waals surface area contributed by atoms with Gasteiger partial charge in [0.25, 0.3) is 5.91 Å². The van der Waals surface area contributed by atoms with Gasteiger partial charge >= 0.3 is 0 Å². The van der Waals surface area contributed by atoms with Crippen LogP contribution in [-0.2, 0) is 4.79 Å². The van der Waals surface area contributed by atoms with Crippen LogP contribution in [0.5, 0.6) is 0 Å². The van der Waals surface area contributed by atoms with E-state index in [0.717, 1.165) is 11.3 Å². The summed E-state index contributed by atoms with van der Waals surface area (Å²) in [4.78, 5) is 11.9. The summed E-state index contributed by atoms with van der Waals surface area (Å²) in [5.74, 6) is 0.458. The van der Waals surface area contributed by atoms with Crippen molar-refractivity contribution >= 4 is 50.8 Å². The van der Waals surface area contributed by atoms with Gasteiger partial charge in [-0.05, 0) is 52.3 Å². The Morgan fingerprint density at radius 2 is 2.11 bits per heavy atom. The Labute approximate surface area is 117 Å². The fourth-order valence-electron chi connectivity index (χ4n) is 1.85. The maximum absolute atomic E-state index is 11.9. The fraction of sp³-hybridized carbons (Fsp3) is 0. The maximum Gasteiger partial charge on any atom is 0.256 e. The number of benzene rings is 1. The van der Waals surface area contributed by atoms with E-state index in [2.05, 4.69) is 21.2 Å². The molecule has 0 saturated heterocycles. The quantitative estimate of drug-likeness (QED) is 0.799. The third kappa shape index (κ3) is 1.98. The van der Waals surface area contributed by atoms with Crippen molar-refractivity contribution in [2.75, 3.05) is 5.32 Å². The van der Waals surface area contributed by atoms with Crippen LogP contribution in [0.15, 0.2) is 39.4 Å². The Hall–Kier alpha value is -1.52. The van der Waals surface area contributed by atoms with E-state index in [-0.39, 0.29) is 5.91 Å². The zero-order chi connectivity index (χ0) is 12.7. The summed E-state index contributed by atoms with van der Waals surface area (Å²) >= 11 is 9.17. The molecular formula is C13H7BrClNO2. The van der Waals surface area contributed by atoms with Gasteiger partial charge in [0.15, 0.2) is 4.67 Å². The Balaban J connectivity index is 2.11. The molecule has 5 heteroatoms. The molecule has 0 saturated carbocycles. The van der Waals surface area contributed by atoms with Gasteiger partial charge in [0.2, 0.25) is 0 Å². The lowest BCUT2D eigenvalue weighted by molar-refractivity contribution is -0.110. The third-order valence-electron chi connectivity index (χ3n) is 2.65. The summed E-state index contributed by atoms with van der Waals surface area (Å²) in [6.45, 7) is 0. The zero-order valence-electron chi connectivity index (χ0n) is 9.04. The Morgan fingerprint density at radius 3 is 2.83 bits per heavy atom. The zero-order valence-corrected chi connectivity index (χ0v) is 11.4. The largest absolute Gasteiger partial charge is 0.450 e. The highest BCUT2D eigenvalue weighted by atomic mass is 79.9. The summed E-state index contributed by atoms with van der Waals surface area (Å²) in [6.07, 6.45) is 1.70. The average molecular weight is 325 g/mol. The molecule has 1 aliphatic heterocycles. The number of carbonyl (C=O) groups is 1. The predicted molar refractivity (Wildman–Crippen MR) is 74.4 cm³/mol. The number of anilines is 1. The molecule has 90 valence electrons. The molecule has 1 N–H and O–H groups in total. The molecule has 0 aliphatic carbocycles. The number of hydrogen-bond donors (Lipinski definition) is 1. The van der Waals surface area contributed by atoms with Crippen molar-refractivity contribution in [3.05, 3.63) is 51.3 Å². The van der Waals surface area contributed by atoms with Crippen LogP contribution in [0.3, 0.4) is 0 Å². The third-order valence-corrected chi connectivity index (χ3v) is 3.31. The molecule has 0 radical (unpaired) electrons. The molecule has 1 aromatic heterocycles. The van der Waals surface area contributed by atoms with Crippen LogP contribution in [0.4, 0.5) is 5.69 Å². The number of amides is 1. The van der Waals surface area contributed by atoms with E-state index in [1.807, 2.05) is 0 Å². The highest BCUT2D eigenvalue weighted by Crippen LogP contribution is 2.35. The first-order valence-electron chi connectivity index (χ1n) is 5.22. The molecule has 2 heterocycles. The molecular weight excluding hydrogens is 318 g/mol. The standard InChI is InChI=1S/C13H7BrClNO2/c14-12-4-2-8(18-12)6-10-9-5-7(15)1-3-11(9)16-13(10)17/h1-6H,(H,16,17). The minimum absolute atomic E-state index is 0.153. The van der Waals surface area contributed by atoms with Crippen LogP contribution in [-0.4, -0.2) is 5.91 Å². The Morgan fingerprint density at radius 1 is 1.28 bits per heavy atom. The van der Waals surface area contributed by atoms with Crippen LogP contribution in [0.25, 0.3) is 11.6 Å². The maximum atomic E-state index is 11.9. The smallest absolute Gasteiger partial charge is 0.256 e.